The Morgan fingerprint density at radius 3 is 2.07 bits per heavy atom. The molecule has 28 heavy (non-hydrogen) atoms. The summed E-state index contributed by atoms with van der Waals surface area (Å²) in [6.07, 6.45) is 4.71. The van der Waals surface area contributed by atoms with Gasteiger partial charge >= 0.3 is 0 Å². The van der Waals surface area contributed by atoms with Crippen molar-refractivity contribution in [2.24, 2.45) is 5.10 Å². The first kappa shape index (κ1) is 18.3. The predicted molar refractivity (Wildman–Crippen MR) is 108 cm³/mol. The fourth-order valence-corrected chi connectivity index (χ4v) is 2.86. The Hall–Kier alpha value is -3.09. The maximum absolute atomic E-state index is 14.1. The van der Waals surface area contributed by atoms with Gasteiger partial charge in [-0.1, -0.05) is 23.2 Å². The fourth-order valence-electron chi connectivity index (χ4n) is 2.58. The van der Waals surface area contributed by atoms with Gasteiger partial charge in [0, 0.05) is 39.1 Å². The lowest BCUT2D eigenvalue weighted by molar-refractivity contribution is 0.626. The lowest BCUT2D eigenvalue weighted by atomic mass is 10.2. The minimum Gasteiger partial charge on any atom is -0.265 e. The Bertz CT molecular complexity index is 1140. The third-order valence-electron chi connectivity index (χ3n) is 3.96. The van der Waals surface area contributed by atoms with Gasteiger partial charge in [-0.05, 0) is 54.6 Å². The summed E-state index contributed by atoms with van der Waals surface area (Å²) in [4.78, 5) is 4.02. The van der Waals surface area contributed by atoms with Crippen molar-refractivity contribution in [3.63, 3.8) is 0 Å². The summed E-state index contributed by atoms with van der Waals surface area (Å²) in [6.45, 7) is 0. The molecule has 2 aromatic carbocycles. The van der Waals surface area contributed by atoms with E-state index >= 15 is 0 Å². The summed E-state index contributed by atoms with van der Waals surface area (Å²) < 4.78 is 15.7. The number of aromatic nitrogens is 4. The van der Waals surface area contributed by atoms with Gasteiger partial charge in [-0.25, -0.2) is 4.39 Å². The van der Waals surface area contributed by atoms with Crippen molar-refractivity contribution in [2.45, 2.75) is 0 Å². The molecular weight excluding hydrogens is 400 g/mol. The molecule has 0 radical (unpaired) electrons. The number of nitrogens with zero attached hydrogens (tertiary/aromatic N) is 5. The Morgan fingerprint density at radius 2 is 1.43 bits per heavy atom. The van der Waals surface area contributed by atoms with Crippen LogP contribution in [-0.4, -0.2) is 26.1 Å². The Kier molecular flexibility index (Phi) is 5.14. The number of hydrogen-bond acceptors (Lipinski definition) is 4. The van der Waals surface area contributed by atoms with E-state index in [1.165, 1.54) is 12.3 Å². The minimum absolute atomic E-state index is 0.292. The van der Waals surface area contributed by atoms with E-state index in [1.807, 2.05) is 12.1 Å². The normalized spacial score (nSPS) is 11.2. The highest BCUT2D eigenvalue weighted by molar-refractivity contribution is 6.30. The summed E-state index contributed by atoms with van der Waals surface area (Å²) in [5, 5.41) is 13.9. The van der Waals surface area contributed by atoms with Crippen LogP contribution < -0.4 is 0 Å². The van der Waals surface area contributed by atoms with E-state index in [9.17, 15) is 4.39 Å². The molecule has 0 aliphatic heterocycles. The summed E-state index contributed by atoms with van der Waals surface area (Å²) >= 11 is 11.8. The van der Waals surface area contributed by atoms with E-state index in [0.29, 0.717) is 27.3 Å². The van der Waals surface area contributed by atoms with Gasteiger partial charge in [0.2, 0.25) is 0 Å². The van der Waals surface area contributed by atoms with Crippen LogP contribution in [0.2, 0.25) is 10.0 Å². The first-order valence-corrected chi connectivity index (χ1v) is 8.98. The molecule has 2 heterocycles. The zero-order valence-electron chi connectivity index (χ0n) is 14.3. The average molecular weight is 412 g/mol. The Balaban J connectivity index is 1.83. The SMILES string of the molecule is Fc1cc(Cl)ccc1/C=N/n1c(-c2ccncc2)nnc1-c1ccc(Cl)cc1. The van der Waals surface area contributed by atoms with Crippen molar-refractivity contribution < 1.29 is 4.39 Å². The number of pyridine rings is 1. The van der Waals surface area contributed by atoms with Crippen LogP contribution in [0.4, 0.5) is 4.39 Å². The lowest BCUT2D eigenvalue weighted by Gasteiger charge is -2.05. The maximum atomic E-state index is 14.1. The lowest BCUT2D eigenvalue weighted by Crippen LogP contribution is -1.99. The van der Waals surface area contributed by atoms with E-state index in [0.717, 1.165) is 11.1 Å². The molecule has 0 aliphatic rings. The standard InChI is InChI=1S/C20H12Cl2FN5/c21-16-4-1-13(2-5-16)19-26-27-20(14-7-9-24-10-8-14)28(19)25-12-15-3-6-17(22)11-18(15)23/h1-12H/b25-12+. The minimum atomic E-state index is -0.470. The number of halogens is 3. The van der Waals surface area contributed by atoms with Crippen molar-refractivity contribution >= 4 is 29.4 Å². The molecule has 138 valence electrons. The molecule has 0 fully saturated rings. The molecule has 0 unspecified atom stereocenters. The van der Waals surface area contributed by atoms with E-state index in [1.54, 1.807) is 53.5 Å². The van der Waals surface area contributed by atoms with Crippen LogP contribution in [0.25, 0.3) is 22.8 Å². The van der Waals surface area contributed by atoms with E-state index in [4.69, 9.17) is 23.2 Å². The van der Waals surface area contributed by atoms with Gasteiger partial charge in [0.15, 0.2) is 11.6 Å². The second kappa shape index (κ2) is 7.88. The summed E-state index contributed by atoms with van der Waals surface area (Å²) in [5.74, 6) is 0.523. The van der Waals surface area contributed by atoms with Gasteiger partial charge in [0.25, 0.3) is 0 Å². The molecule has 0 amide bonds. The van der Waals surface area contributed by atoms with Gasteiger partial charge in [-0.15, -0.1) is 10.2 Å². The number of hydrogen-bond donors (Lipinski definition) is 0. The molecule has 0 atom stereocenters. The summed E-state index contributed by atoms with van der Waals surface area (Å²) in [5.41, 5.74) is 1.84. The van der Waals surface area contributed by atoms with Crippen molar-refractivity contribution in [2.75, 3.05) is 0 Å². The summed E-state index contributed by atoms with van der Waals surface area (Å²) in [7, 11) is 0. The number of rotatable bonds is 4. The highest BCUT2D eigenvalue weighted by Crippen LogP contribution is 2.25. The van der Waals surface area contributed by atoms with Crippen LogP contribution in [0, 0.1) is 5.82 Å². The second-order valence-electron chi connectivity index (χ2n) is 5.81. The molecule has 0 spiro atoms. The van der Waals surface area contributed by atoms with Crippen molar-refractivity contribution in [3.05, 3.63) is 88.4 Å². The first-order valence-electron chi connectivity index (χ1n) is 8.23. The van der Waals surface area contributed by atoms with Gasteiger partial charge in [0.1, 0.15) is 5.82 Å². The number of benzene rings is 2. The van der Waals surface area contributed by atoms with Gasteiger partial charge < -0.3 is 0 Å². The van der Waals surface area contributed by atoms with Crippen LogP contribution in [0.15, 0.2) is 72.1 Å². The quantitative estimate of drug-likeness (QED) is 0.426. The molecule has 0 saturated heterocycles. The van der Waals surface area contributed by atoms with Gasteiger partial charge in [-0.2, -0.15) is 9.78 Å². The molecule has 0 N–H and O–H groups in total. The van der Waals surface area contributed by atoms with Crippen LogP contribution in [0.5, 0.6) is 0 Å². The van der Waals surface area contributed by atoms with Crippen LogP contribution in [0.3, 0.4) is 0 Å². The van der Waals surface area contributed by atoms with Crippen LogP contribution in [0.1, 0.15) is 5.56 Å². The van der Waals surface area contributed by atoms with Crippen LogP contribution in [-0.2, 0) is 0 Å². The second-order valence-corrected chi connectivity index (χ2v) is 6.69. The van der Waals surface area contributed by atoms with E-state index in [-0.39, 0.29) is 0 Å². The van der Waals surface area contributed by atoms with Crippen LogP contribution >= 0.6 is 23.2 Å². The highest BCUT2D eigenvalue weighted by Gasteiger charge is 2.15. The Labute approximate surface area is 170 Å². The van der Waals surface area contributed by atoms with E-state index in [2.05, 4.69) is 20.3 Å². The largest absolute Gasteiger partial charge is 0.265 e. The fraction of sp³-hybridized carbons (Fsp3) is 0. The van der Waals surface area contributed by atoms with Crippen molar-refractivity contribution in [1.82, 2.24) is 19.9 Å². The molecule has 5 nitrogen and oxygen atoms in total. The molecule has 2 aromatic heterocycles. The van der Waals surface area contributed by atoms with E-state index < -0.39 is 5.82 Å². The summed E-state index contributed by atoms with van der Waals surface area (Å²) in [6, 6.07) is 15.1. The maximum Gasteiger partial charge on any atom is 0.185 e. The third-order valence-corrected chi connectivity index (χ3v) is 4.44. The molecule has 4 rings (SSSR count). The molecular formula is C20H12Cl2FN5. The molecule has 0 aliphatic carbocycles. The van der Waals surface area contributed by atoms with Crippen molar-refractivity contribution in [1.29, 1.82) is 0 Å². The zero-order valence-corrected chi connectivity index (χ0v) is 15.8. The molecule has 0 bridgehead atoms. The predicted octanol–water partition coefficient (Wildman–Crippen LogP) is 5.34. The monoisotopic (exact) mass is 411 g/mol. The van der Waals surface area contributed by atoms with Crippen molar-refractivity contribution in [3.8, 4) is 22.8 Å². The molecule has 0 saturated carbocycles. The molecule has 8 heteroatoms. The smallest absolute Gasteiger partial charge is 0.185 e. The average Bonchev–Trinajstić information content (AvgIpc) is 3.12. The zero-order chi connectivity index (χ0) is 19.5. The third kappa shape index (κ3) is 3.78. The molecule has 4 aromatic rings. The Morgan fingerprint density at radius 1 is 0.821 bits per heavy atom. The topological polar surface area (TPSA) is 56.0 Å². The highest BCUT2D eigenvalue weighted by atomic mass is 35.5. The van der Waals surface area contributed by atoms with Gasteiger partial charge in [-0.3, -0.25) is 4.98 Å². The first-order chi connectivity index (χ1) is 13.6. The van der Waals surface area contributed by atoms with Gasteiger partial charge in [0.05, 0.1) is 6.21 Å².